The average molecular weight is 518 g/mol. The van der Waals surface area contributed by atoms with Gasteiger partial charge in [-0.05, 0) is 53.1 Å². The van der Waals surface area contributed by atoms with Gasteiger partial charge < -0.3 is 9.47 Å². The summed E-state index contributed by atoms with van der Waals surface area (Å²) in [5.74, 6) is -2.40. The zero-order chi connectivity index (χ0) is 26.4. The average Bonchev–Trinajstić information content (AvgIpc) is 3.25. The first kappa shape index (κ1) is 24.7. The second-order valence-corrected chi connectivity index (χ2v) is 10.5. The number of ether oxygens (including phenoxy) is 2. The molecule has 1 aliphatic carbocycles. The lowest BCUT2D eigenvalue weighted by atomic mass is 9.81. The first-order valence-electron chi connectivity index (χ1n) is 13.1. The number of hydrogen-bond donors (Lipinski definition) is 0. The number of halogens is 2. The predicted molar refractivity (Wildman–Crippen MR) is 138 cm³/mol. The largest absolute Gasteiger partial charge is 0.448 e. The summed E-state index contributed by atoms with van der Waals surface area (Å²) < 4.78 is 40.0. The van der Waals surface area contributed by atoms with E-state index in [0.717, 1.165) is 11.1 Å². The van der Waals surface area contributed by atoms with Crippen molar-refractivity contribution >= 4 is 11.9 Å². The van der Waals surface area contributed by atoms with Crippen molar-refractivity contribution in [3.05, 3.63) is 94.6 Å². The molecule has 38 heavy (non-hydrogen) atoms. The Morgan fingerprint density at radius 2 is 1.50 bits per heavy atom. The van der Waals surface area contributed by atoms with Gasteiger partial charge in [0, 0.05) is 18.3 Å². The summed E-state index contributed by atoms with van der Waals surface area (Å²) in [7, 11) is 0. The van der Waals surface area contributed by atoms with Crippen molar-refractivity contribution in [2.24, 2.45) is 5.92 Å². The second kappa shape index (κ2) is 9.95. The van der Waals surface area contributed by atoms with Gasteiger partial charge in [-0.2, -0.15) is 0 Å². The van der Waals surface area contributed by atoms with Crippen LogP contribution in [0.4, 0.5) is 13.6 Å². The van der Waals surface area contributed by atoms with Crippen LogP contribution in [0.3, 0.4) is 0 Å². The van der Waals surface area contributed by atoms with Crippen LogP contribution in [-0.4, -0.2) is 48.7 Å². The summed E-state index contributed by atoms with van der Waals surface area (Å²) in [4.78, 5) is 28.2. The Kier molecular flexibility index (Phi) is 6.48. The number of aryl methyl sites for hydroxylation is 1. The fourth-order valence-electron chi connectivity index (χ4n) is 6.30. The van der Waals surface area contributed by atoms with Crippen molar-refractivity contribution in [3.63, 3.8) is 0 Å². The molecule has 2 atom stereocenters. The van der Waals surface area contributed by atoms with E-state index >= 15 is 0 Å². The van der Waals surface area contributed by atoms with Gasteiger partial charge in [-0.1, -0.05) is 60.7 Å². The number of rotatable bonds is 5. The van der Waals surface area contributed by atoms with E-state index < -0.39 is 17.7 Å². The van der Waals surface area contributed by atoms with E-state index in [1.165, 1.54) is 30.2 Å². The molecular formula is C31H29F2NO4. The van der Waals surface area contributed by atoms with Gasteiger partial charge in [-0.25, -0.2) is 13.6 Å². The summed E-state index contributed by atoms with van der Waals surface area (Å²) in [5, 5.41) is 0. The van der Waals surface area contributed by atoms with Gasteiger partial charge in [0.1, 0.15) is 12.4 Å². The number of piperidine rings is 1. The number of carbonyl (C=O) groups is 2. The van der Waals surface area contributed by atoms with Crippen molar-refractivity contribution in [1.29, 1.82) is 0 Å². The minimum atomic E-state index is -0.960. The molecule has 0 saturated carbocycles. The zero-order valence-electron chi connectivity index (χ0n) is 21.2. The maximum atomic E-state index is 14.4. The van der Waals surface area contributed by atoms with E-state index in [1.54, 1.807) is 4.90 Å². The number of amides is 1. The zero-order valence-corrected chi connectivity index (χ0v) is 21.2. The van der Waals surface area contributed by atoms with E-state index in [2.05, 4.69) is 24.3 Å². The van der Waals surface area contributed by atoms with Gasteiger partial charge in [0.05, 0.1) is 25.3 Å². The van der Waals surface area contributed by atoms with E-state index in [4.69, 9.17) is 9.47 Å². The molecule has 0 spiro atoms. The van der Waals surface area contributed by atoms with Gasteiger partial charge >= 0.3 is 6.09 Å². The van der Waals surface area contributed by atoms with Crippen LogP contribution in [0.5, 0.6) is 0 Å². The van der Waals surface area contributed by atoms with E-state index in [0.29, 0.717) is 26.1 Å². The molecule has 2 fully saturated rings. The Bertz CT molecular complexity index is 1350. The first-order valence-corrected chi connectivity index (χ1v) is 13.1. The fraction of sp³-hybridized carbons (Fsp3) is 0.355. The van der Waals surface area contributed by atoms with Gasteiger partial charge in [-0.3, -0.25) is 9.69 Å². The van der Waals surface area contributed by atoms with E-state index in [1.807, 2.05) is 24.3 Å². The predicted octanol–water partition coefficient (Wildman–Crippen LogP) is 5.81. The molecular weight excluding hydrogens is 488 g/mol. The number of hydrogen-bond acceptors (Lipinski definition) is 4. The number of carbonyl (C=O) groups excluding carboxylic acids is 2. The van der Waals surface area contributed by atoms with Crippen LogP contribution in [0.25, 0.3) is 11.1 Å². The van der Waals surface area contributed by atoms with E-state index in [-0.39, 0.29) is 53.9 Å². The highest BCUT2D eigenvalue weighted by atomic mass is 19.2. The Balaban J connectivity index is 1.13. The van der Waals surface area contributed by atoms with Crippen LogP contribution in [0.2, 0.25) is 0 Å². The summed E-state index contributed by atoms with van der Waals surface area (Å²) in [6.07, 6.45) is 0.256. The molecule has 2 aliphatic heterocycles. The quantitative estimate of drug-likeness (QED) is 0.429. The third-order valence-electron chi connectivity index (χ3n) is 8.24. The number of Topliss-reactive ketones (excluding diaryl/α,β-unsaturated/α-hetero) is 1. The molecule has 2 unspecified atom stereocenters. The summed E-state index contributed by atoms with van der Waals surface area (Å²) in [6.45, 7) is 2.35. The standard InChI is InChI=1S/C31H29F2NO4/c1-18-10-11-19(30(33)29(18)32)14-28(35)20-12-21-15-37-16-22(13-20)34(21)31(36)38-17-27-25-8-4-2-6-23(25)24-7-3-5-9-26(24)27/h2-11,20-22,27H,12-17H2,1H3. The van der Waals surface area contributed by atoms with Crippen molar-refractivity contribution < 1.29 is 27.8 Å². The van der Waals surface area contributed by atoms with Gasteiger partial charge in [0.25, 0.3) is 0 Å². The van der Waals surface area contributed by atoms with Crippen LogP contribution in [-0.2, 0) is 20.7 Å². The molecule has 3 aromatic carbocycles. The molecule has 1 amide bonds. The Morgan fingerprint density at radius 3 is 2.13 bits per heavy atom. The molecule has 0 aromatic heterocycles. The molecule has 2 bridgehead atoms. The van der Waals surface area contributed by atoms with Crippen molar-refractivity contribution in [3.8, 4) is 11.1 Å². The highest BCUT2D eigenvalue weighted by Gasteiger charge is 2.44. The van der Waals surface area contributed by atoms with Crippen molar-refractivity contribution in [2.45, 2.75) is 44.2 Å². The highest BCUT2D eigenvalue weighted by molar-refractivity contribution is 5.84. The number of fused-ring (bicyclic) bond motifs is 5. The molecule has 7 heteroatoms. The molecule has 2 heterocycles. The van der Waals surface area contributed by atoms with E-state index in [9.17, 15) is 18.4 Å². The fourth-order valence-corrected chi connectivity index (χ4v) is 6.30. The van der Waals surface area contributed by atoms with Gasteiger partial charge in [-0.15, -0.1) is 0 Å². The van der Waals surface area contributed by atoms with Crippen LogP contribution >= 0.6 is 0 Å². The normalized spacial score (nSPS) is 22.1. The SMILES string of the molecule is Cc1ccc(CC(=O)C2CC3COCC(C2)N3C(=O)OCC2c3ccccc3-c3ccccc32)c(F)c1F. The molecule has 196 valence electrons. The summed E-state index contributed by atoms with van der Waals surface area (Å²) in [6, 6.07) is 18.7. The maximum Gasteiger partial charge on any atom is 0.410 e. The smallest absolute Gasteiger partial charge is 0.410 e. The molecule has 0 radical (unpaired) electrons. The molecule has 3 aliphatic rings. The second-order valence-electron chi connectivity index (χ2n) is 10.5. The first-order chi connectivity index (χ1) is 18.4. The Morgan fingerprint density at radius 1 is 0.895 bits per heavy atom. The third-order valence-corrected chi connectivity index (χ3v) is 8.24. The topological polar surface area (TPSA) is 55.8 Å². The number of benzene rings is 3. The van der Waals surface area contributed by atoms with Crippen LogP contribution < -0.4 is 0 Å². The monoisotopic (exact) mass is 517 g/mol. The number of morpholine rings is 1. The molecule has 3 aromatic rings. The lowest BCUT2D eigenvalue weighted by Crippen LogP contribution is -2.60. The van der Waals surface area contributed by atoms with Gasteiger partial charge in [0.15, 0.2) is 11.6 Å². The minimum Gasteiger partial charge on any atom is -0.448 e. The maximum absolute atomic E-state index is 14.4. The Labute approximate surface area is 220 Å². The molecule has 2 saturated heterocycles. The van der Waals surface area contributed by atoms with Crippen LogP contribution in [0.15, 0.2) is 60.7 Å². The summed E-state index contributed by atoms with van der Waals surface area (Å²) >= 11 is 0. The minimum absolute atomic E-state index is 0.0358. The number of ketones is 1. The third kappa shape index (κ3) is 4.29. The number of nitrogens with zero attached hydrogens (tertiary/aromatic N) is 1. The van der Waals surface area contributed by atoms with Crippen LogP contribution in [0.1, 0.15) is 41.0 Å². The van der Waals surface area contributed by atoms with Crippen molar-refractivity contribution in [2.75, 3.05) is 19.8 Å². The lowest BCUT2D eigenvalue weighted by molar-refractivity contribution is -0.130. The van der Waals surface area contributed by atoms with Gasteiger partial charge in [0.2, 0.25) is 0 Å². The molecule has 5 nitrogen and oxygen atoms in total. The van der Waals surface area contributed by atoms with Crippen LogP contribution in [0, 0.1) is 24.5 Å². The molecule has 0 N–H and O–H groups in total. The van der Waals surface area contributed by atoms with Crippen molar-refractivity contribution in [1.82, 2.24) is 4.90 Å². The lowest BCUT2D eigenvalue weighted by Gasteiger charge is -2.47. The molecule has 6 rings (SSSR count). The summed E-state index contributed by atoms with van der Waals surface area (Å²) in [5.41, 5.74) is 4.90. The Hall–Kier alpha value is -3.58. The highest BCUT2D eigenvalue weighted by Crippen LogP contribution is 2.44.